The minimum absolute atomic E-state index is 0.202. The van der Waals surface area contributed by atoms with Gasteiger partial charge in [0, 0.05) is 17.5 Å². The summed E-state index contributed by atoms with van der Waals surface area (Å²) in [6.07, 6.45) is 2.15. The second-order valence-corrected chi connectivity index (χ2v) is 15.9. The number of aromatic nitrogens is 6. The zero-order valence-corrected chi connectivity index (χ0v) is 30.6. The van der Waals surface area contributed by atoms with Gasteiger partial charge in [0.2, 0.25) is 0 Å². The quantitative estimate of drug-likeness (QED) is 0.116. The molecule has 0 fully saturated rings. The van der Waals surface area contributed by atoms with Gasteiger partial charge in [-0.1, -0.05) is 153 Å². The van der Waals surface area contributed by atoms with Gasteiger partial charge in [-0.2, -0.15) is 0 Å². The summed E-state index contributed by atoms with van der Waals surface area (Å²) in [6, 6.07) is 19.8. The van der Waals surface area contributed by atoms with Crippen molar-refractivity contribution in [3.8, 4) is 33.8 Å². The second kappa shape index (κ2) is 12.0. The van der Waals surface area contributed by atoms with E-state index >= 15 is 0 Å². The molecule has 4 aromatic carbocycles. The van der Waals surface area contributed by atoms with Crippen LogP contribution in [0.15, 0.2) is 60.7 Å². The Morgan fingerprint density at radius 3 is 1.22 bits per heavy atom. The number of nitrogens with one attached hydrogen (secondary N) is 2. The molecule has 256 valence electrons. The van der Waals surface area contributed by atoms with Crippen molar-refractivity contribution in [3.05, 3.63) is 82.9 Å². The van der Waals surface area contributed by atoms with E-state index in [0.717, 1.165) is 57.3 Å². The largest absolute Gasteiger partial charge is 0.507 e. The molecule has 0 amide bonds. The molecular weight excluding hydrogens is 608 g/mol. The Labute approximate surface area is 289 Å². The molecule has 8 heteroatoms. The van der Waals surface area contributed by atoms with E-state index in [1.165, 1.54) is 0 Å². The highest BCUT2D eigenvalue weighted by atomic mass is 16.3. The molecule has 0 aliphatic carbocycles. The van der Waals surface area contributed by atoms with Crippen molar-refractivity contribution < 1.29 is 10.2 Å². The topological polar surface area (TPSA) is 124 Å². The minimum atomic E-state index is -0.500. The van der Waals surface area contributed by atoms with Gasteiger partial charge in [0.15, 0.2) is 0 Å². The fraction of sp³-hybridized carbons (Fsp3) is 0.415. The SMILES string of the molecule is CCC(C)(C)C(C)(C)c1c(O)c(-c2ccccc2)c2nn[nH]c2c1Cc1c(C(C)(C)C(C)(C)CC)c(O)c(-c2ccccc2)c2nn[nH]c12. The van der Waals surface area contributed by atoms with Gasteiger partial charge >= 0.3 is 0 Å². The van der Waals surface area contributed by atoms with E-state index in [9.17, 15) is 10.2 Å². The lowest BCUT2D eigenvalue weighted by molar-refractivity contribution is 0.183. The molecule has 4 N–H and O–H groups in total. The summed E-state index contributed by atoms with van der Waals surface area (Å²) < 4.78 is 0. The van der Waals surface area contributed by atoms with Crippen molar-refractivity contribution in [1.82, 2.24) is 30.8 Å². The summed E-state index contributed by atoms with van der Waals surface area (Å²) in [6.45, 7) is 22.3. The van der Waals surface area contributed by atoms with E-state index in [4.69, 9.17) is 0 Å². The number of aromatic hydroxyl groups is 2. The molecule has 49 heavy (non-hydrogen) atoms. The van der Waals surface area contributed by atoms with Crippen molar-refractivity contribution in [3.63, 3.8) is 0 Å². The molecule has 0 spiro atoms. The summed E-state index contributed by atoms with van der Waals surface area (Å²) in [4.78, 5) is 0. The molecule has 0 bridgehead atoms. The Balaban J connectivity index is 1.77. The summed E-state index contributed by atoms with van der Waals surface area (Å²) in [5.74, 6) is 0.404. The highest BCUT2D eigenvalue weighted by Gasteiger charge is 2.45. The molecular formula is C41H50N6O2. The lowest BCUT2D eigenvalue weighted by atomic mass is 9.59. The molecule has 0 radical (unpaired) electrons. The third-order valence-corrected chi connectivity index (χ3v) is 12.6. The lowest BCUT2D eigenvalue weighted by Crippen LogP contribution is -2.38. The molecule has 0 aliphatic heterocycles. The highest BCUT2D eigenvalue weighted by Crippen LogP contribution is 2.56. The summed E-state index contributed by atoms with van der Waals surface area (Å²) in [5, 5.41) is 49.4. The van der Waals surface area contributed by atoms with Crippen LogP contribution >= 0.6 is 0 Å². The average Bonchev–Trinajstić information content (AvgIpc) is 3.76. The van der Waals surface area contributed by atoms with Gasteiger partial charge in [-0.05, 0) is 43.9 Å². The van der Waals surface area contributed by atoms with E-state index < -0.39 is 10.8 Å². The van der Waals surface area contributed by atoms with Crippen LogP contribution in [0.4, 0.5) is 0 Å². The zero-order valence-electron chi connectivity index (χ0n) is 30.6. The second-order valence-electron chi connectivity index (χ2n) is 15.9. The zero-order chi connectivity index (χ0) is 35.5. The highest BCUT2D eigenvalue weighted by molar-refractivity contribution is 6.01. The Bertz CT molecular complexity index is 1990. The first kappa shape index (κ1) is 34.2. The van der Waals surface area contributed by atoms with Crippen LogP contribution in [-0.2, 0) is 17.3 Å². The van der Waals surface area contributed by atoms with Crippen LogP contribution in [0.3, 0.4) is 0 Å². The van der Waals surface area contributed by atoms with Crippen LogP contribution in [0.2, 0.25) is 0 Å². The predicted octanol–water partition coefficient (Wildman–Crippen LogP) is 9.99. The molecule has 2 heterocycles. The fourth-order valence-electron chi connectivity index (χ4n) is 7.43. The molecule has 0 aliphatic rings. The first-order valence-electron chi connectivity index (χ1n) is 17.4. The van der Waals surface area contributed by atoms with Crippen LogP contribution in [0.5, 0.6) is 11.5 Å². The monoisotopic (exact) mass is 658 g/mol. The van der Waals surface area contributed by atoms with Gasteiger partial charge in [0.05, 0.1) is 22.2 Å². The van der Waals surface area contributed by atoms with Crippen molar-refractivity contribution in [2.24, 2.45) is 10.8 Å². The standard InChI is InChI=1S/C41H50N6O2/c1-11-38(3,4)40(7,8)30-26(32-34(44-46-42-32)28(36(30)48)24-19-15-13-16-20-24)23-27-31(41(9,10)39(5,6)12-2)37(49)29(25-21-17-14-18-22-25)35-33(27)43-47-45-35/h13-22,48-49H,11-12,23H2,1-10H3,(H,42,44,46)(H,43,45,47). The first-order chi connectivity index (χ1) is 23.1. The molecule has 0 saturated carbocycles. The van der Waals surface area contributed by atoms with Crippen LogP contribution < -0.4 is 0 Å². The van der Waals surface area contributed by atoms with Crippen LogP contribution in [-0.4, -0.2) is 41.0 Å². The maximum atomic E-state index is 12.6. The molecule has 6 aromatic rings. The van der Waals surface area contributed by atoms with E-state index in [0.29, 0.717) is 28.6 Å². The number of phenols is 2. The Morgan fingerprint density at radius 1 is 0.551 bits per heavy atom. The number of nitrogens with zero attached hydrogens (tertiary/aromatic N) is 4. The van der Waals surface area contributed by atoms with Crippen LogP contribution in [0.25, 0.3) is 44.3 Å². The van der Waals surface area contributed by atoms with Gasteiger partial charge in [-0.25, -0.2) is 0 Å². The van der Waals surface area contributed by atoms with Gasteiger partial charge in [-0.15, -0.1) is 10.2 Å². The summed E-state index contributed by atoms with van der Waals surface area (Å²) >= 11 is 0. The van der Waals surface area contributed by atoms with Gasteiger partial charge in [0.25, 0.3) is 0 Å². The average molecular weight is 659 g/mol. The third kappa shape index (κ3) is 5.18. The Kier molecular flexibility index (Phi) is 8.37. The molecule has 2 aromatic heterocycles. The van der Waals surface area contributed by atoms with Gasteiger partial charge in [-0.3, -0.25) is 10.2 Å². The van der Waals surface area contributed by atoms with E-state index in [2.05, 4.69) is 100 Å². The fourth-order valence-corrected chi connectivity index (χ4v) is 7.43. The molecule has 8 nitrogen and oxygen atoms in total. The number of hydrogen-bond donors (Lipinski definition) is 4. The Morgan fingerprint density at radius 2 is 0.898 bits per heavy atom. The first-order valence-corrected chi connectivity index (χ1v) is 17.4. The Hall–Kier alpha value is -4.72. The van der Waals surface area contributed by atoms with Crippen molar-refractivity contribution in [2.75, 3.05) is 0 Å². The number of rotatable bonds is 10. The predicted molar refractivity (Wildman–Crippen MR) is 199 cm³/mol. The summed E-state index contributed by atoms with van der Waals surface area (Å²) in [5.41, 5.74) is 7.82. The maximum Gasteiger partial charge on any atom is 0.129 e. The van der Waals surface area contributed by atoms with Crippen molar-refractivity contribution >= 4 is 22.1 Å². The molecule has 6 rings (SSSR count). The molecule has 0 atom stereocenters. The van der Waals surface area contributed by atoms with E-state index in [1.54, 1.807) is 0 Å². The van der Waals surface area contributed by atoms with E-state index in [-0.39, 0.29) is 22.3 Å². The normalized spacial score (nSPS) is 13.1. The molecule has 0 saturated heterocycles. The number of fused-ring (bicyclic) bond motifs is 2. The van der Waals surface area contributed by atoms with Crippen molar-refractivity contribution in [1.29, 1.82) is 0 Å². The van der Waals surface area contributed by atoms with Crippen LogP contribution in [0.1, 0.15) is 104 Å². The van der Waals surface area contributed by atoms with E-state index in [1.807, 2.05) is 60.7 Å². The minimum Gasteiger partial charge on any atom is -0.507 e. The maximum absolute atomic E-state index is 12.6. The number of aromatic amines is 2. The number of hydrogen-bond acceptors (Lipinski definition) is 6. The lowest BCUT2D eigenvalue weighted by Gasteiger charge is -2.44. The van der Waals surface area contributed by atoms with Crippen LogP contribution in [0, 0.1) is 10.8 Å². The smallest absolute Gasteiger partial charge is 0.129 e. The van der Waals surface area contributed by atoms with Gasteiger partial charge in [0.1, 0.15) is 22.5 Å². The van der Waals surface area contributed by atoms with Crippen molar-refractivity contribution in [2.45, 2.75) is 99.3 Å². The molecule has 0 unspecified atom stereocenters. The summed E-state index contributed by atoms with van der Waals surface area (Å²) in [7, 11) is 0. The van der Waals surface area contributed by atoms with Gasteiger partial charge < -0.3 is 10.2 Å². The number of H-pyrrole nitrogens is 2. The third-order valence-electron chi connectivity index (χ3n) is 12.6. The number of benzene rings is 4. The number of phenolic OH excluding ortho intramolecular Hbond substituents is 2.